The predicted octanol–water partition coefficient (Wildman–Crippen LogP) is 4.64. The van der Waals surface area contributed by atoms with Gasteiger partial charge in [-0.2, -0.15) is 5.10 Å². The van der Waals surface area contributed by atoms with Crippen LogP contribution in [0.15, 0.2) is 92.8 Å². The van der Waals surface area contributed by atoms with Crippen molar-refractivity contribution in [1.82, 2.24) is 5.43 Å². The van der Waals surface area contributed by atoms with Gasteiger partial charge in [-0.1, -0.05) is 59.4 Å². The number of fused-ring (bicyclic) bond motifs is 2. The molecule has 0 atom stereocenters. The first-order valence-electron chi connectivity index (χ1n) is 9.41. The molecule has 0 fully saturated rings. The molecular formula is C23H20N4O2S. The van der Waals surface area contributed by atoms with Crippen LogP contribution in [-0.2, 0) is 4.79 Å². The highest BCUT2D eigenvalue weighted by Gasteiger charge is 2.27. The Morgan fingerprint density at radius 2 is 1.70 bits per heavy atom. The molecule has 150 valence electrons. The second-order valence-corrected chi connectivity index (χ2v) is 7.75. The van der Waals surface area contributed by atoms with Crippen LogP contribution in [0.4, 0.5) is 11.4 Å². The van der Waals surface area contributed by atoms with Crippen molar-refractivity contribution >= 4 is 41.0 Å². The molecule has 1 aliphatic heterocycles. The van der Waals surface area contributed by atoms with Gasteiger partial charge in [0.05, 0.1) is 23.3 Å². The number of hydrogen-bond donors (Lipinski definition) is 2. The highest BCUT2D eigenvalue weighted by molar-refractivity contribution is 7.99. The molecule has 1 amide bonds. The minimum Gasteiger partial charge on any atom is -0.411 e. The number of anilines is 2. The van der Waals surface area contributed by atoms with Gasteiger partial charge in [0.25, 0.3) is 5.91 Å². The van der Waals surface area contributed by atoms with E-state index in [0.29, 0.717) is 0 Å². The van der Waals surface area contributed by atoms with Gasteiger partial charge in [0.15, 0.2) is 0 Å². The molecule has 0 saturated heterocycles. The second-order valence-electron chi connectivity index (χ2n) is 6.67. The standard InChI is InChI=1S/C23H20N4O2S/c1-16(18-8-6-7-17(13-18)14-25-29)26-24-15-23(28)27-19-9-2-4-11-21(19)30-22-12-5-3-10-20(22)27/h2-14,24,29H,15H2,1H3. The van der Waals surface area contributed by atoms with Crippen LogP contribution >= 0.6 is 11.8 Å². The summed E-state index contributed by atoms with van der Waals surface area (Å²) in [4.78, 5) is 17.0. The summed E-state index contributed by atoms with van der Waals surface area (Å²) < 4.78 is 0. The lowest BCUT2D eigenvalue weighted by molar-refractivity contribution is -0.117. The van der Waals surface area contributed by atoms with E-state index in [2.05, 4.69) is 15.7 Å². The molecule has 6 nitrogen and oxygen atoms in total. The van der Waals surface area contributed by atoms with Gasteiger partial charge >= 0.3 is 0 Å². The number of nitrogens with zero attached hydrogens (tertiary/aromatic N) is 3. The third-order valence-electron chi connectivity index (χ3n) is 4.67. The molecule has 0 aromatic heterocycles. The average Bonchev–Trinajstić information content (AvgIpc) is 2.77. The Kier molecular flexibility index (Phi) is 5.81. The van der Waals surface area contributed by atoms with E-state index in [1.807, 2.05) is 79.7 Å². The minimum absolute atomic E-state index is 0.0580. The monoisotopic (exact) mass is 416 g/mol. The number of carbonyl (C=O) groups excluding carboxylic acids is 1. The second kappa shape index (κ2) is 8.84. The van der Waals surface area contributed by atoms with Crippen molar-refractivity contribution in [2.75, 3.05) is 11.4 Å². The number of hydrogen-bond acceptors (Lipinski definition) is 6. The summed E-state index contributed by atoms with van der Waals surface area (Å²) in [5.74, 6) is -0.0899. The molecule has 0 bridgehead atoms. The van der Waals surface area contributed by atoms with E-state index in [9.17, 15) is 4.79 Å². The van der Waals surface area contributed by atoms with E-state index < -0.39 is 0 Å². The zero-order valence-corrected chi connectivity index (χ0v) is 17.1. The van der Waals surface area contributed by atoms with Gasteiger partial charge in [0.2, 0.25) is 0 Å². The first-order valence-corrected chi connectivity index (χ1v) is 10.2. The lowest BCUT2D eigenvalue weighted by Crippen LogP contribution is -2.35. The fourth-order valence-electron chi connectivity index (χ4n) is 3.25. The Labute approximate surface area is 178 Å². The van der Waals surface area contributed by atoms with Crippen LogP contribution in [0.5, 0.6) is 0 Å². The summed E-state index contributed by atoms with van der Waals surface area (Å²) in [7, 11) is 0. The first kappa shape index (κ1) is 19.7. The summed E-state index contributed by atoms with van der Waals surface area (Å²) >= 11 is 1.66. The number of amides is 1. The smallest absolute Gasteiger partial charge is 0.252 e. The minimum atomic E-state index is -0.0899. The number of para-hydroxylation sites is 2. The molecule has 0 unspecified atom stereocenters. The van der Waals surface area contributed by atoms with Crippen LogP contribution < -0.4 is 10.3 Å². The summed E-state index contributed by atoms with van der Waals surface area (Å²) in [6.07, 6.45) is 1.36. The molecule has 1 heterocycles. The van der Waals surface area contributed by atoms with Crippen molar-refractivity contribution in [2.24, 2.45) is 10.3 Å². The van der Waals surface area contributed by atoms with Crippen molar-refractivity contribution in [2.45, 2.75) is 16.7 Å². The van der Waals surface area contributed by atoms with Gasteiger partial charge in [-0.15, -0.1) is 0 Å². The maximum atomic E-state index is 13.1. The fraction of sp³-hybridized carbons (Fsp3) is 0.0870. The molecule has 30 heavy (non-hydrogen) atoms. The normalized spacial score (nSPS) is 13.1. The van der Waals surface area contributed by atoms with Crippen LogP contribution in [0, 0.1) is 0 Å². The van der Waals surface area contributed by atoms with E-state index in [0.717, 1.165) is 38.0 Å². The van der Waals surface area contributed by atoms with Crippen molar-refractivity contribution in [3.05, 3.63) is 83.9 Å². The SMILES string of the molecule is CC(=NNCC(=O)N1c2ccccc2Sc2ccccc21)c1cccc(C=NO)c1. The lowest BCUT2D eigenvalue weighted by Gasteiger charge is -2.30. The maximum absolute atomic E-state index is 13.1. The van der Waals surface area contributed by atoms with Crippen molar-refractivity contribution in [3.63, 3.8) is 0 Å². The zero-order chi connectivity index (χ0) is 20.9. The molecule has 0 saturated carbocycles. The van der Waals surface area contributed by atoms with E-state index >= 15 is 0 Å². The van der Waals surface area contributed by atoms with Gasteiger partial charge in [0.1, 0.15) is 6.54 Å². The number of carbonyl (C=O) groups is 1. The van der Waals surface area contributed by atoms with Crippen molar-refractivity contribution in [1.29, 1.82) is 0 Å². The number of rotatable bonds is 5. The van der Waals surface area contributed by atoms with Gasteiger partial charge in [-0.3, -0.25) is 9.69 Å². The quantitative estimate of drug-likeness (QED) is 0.361. The zero-order valence-electron chi connectivity index (χ0n) is 16.3. The van der Waals surface area contributed by atoms with E-state index in [1.54, 1.807) is 16.7 Å². The summed E-state index contributed by atoms with van der Waals surface area (Å²) in [6, 6.07) is 23.2. The third-order valence-corrected chi connectivity index (χ3v) is 5.80. The van der Waals surface area contributed by atoms with Crippen molar-refractivity contribution in [3.8, 4) is 0 Å². The molecule has 0 aliphatic carbocycles. The topological polar surface area (TPSA) is 77.3 Å². The van der Waals surface area contributed by atoms with Gasteiger partial charge in [0, 0.05) is 9.79 Å². The number of nitrogens with one attached hydrogen (secondary N) is 1. The van der Waals surface area contributed by atoms with Crippen LogP contribution in [-0.4, -0.2) is 29.6 Å². The van der Waals surface area contributed by atoms with Crippen LogP contribution in [0.25, 0.3) is 0 Å². The van der Waals surface area contributed by atoms with Gasteiger partial charge in [-0.25, -0.2) is 0 Å². The molecule has 1 aliphatic rings. The highest BCUT2D eigenvalue weighted by atomic mass is 32.2. The van der Waals surface area contributed by atoms with Crippen molar-refractivity contribution < 1.29 is 10.0 Å². The summed E-state index contributed by atoms with van der Waals surface area (Å²) in [5.41, 5.74) is 7.02. The fourth-order valence-corrected chi connectivity index (χ4v) is 4.31. The Morgan fingerprint density at radius 1 is 1.03 bits per heavy atom. The molecular weight excluding hydrogens is 396 g/mol. The predicted molar refractivity (Wildman–Crippen MR) is 120 cm³/mol. The van der Waals surface area contributed by atoms with Gasteiger partial charge in [-0.05, 0) is 48.4 Å². The van der Waals surface area contributed by atoms with Gasteiger partial charge < -0.3 is 10.6 Å². The number of benzene rings is 3. The lowest BCUT2D eigenvalue weighted by atomic mass is 10.1. The molecule has 3 aromatic rings. The van der Waals surface area contributed by atoms with E-state index in [1.165, 1.54) is 6.21 Å². The average molecular weight is 417 g/mol. The Balaban J connectivity index is 1.52. The number of hydrazone groups is 1. The Morgan fingerprint density at radius 3 is 2.37 bits per heavy atom. The Hall–Kier alpha value is -3.58. The van der Waals surface area contributed by atoms with Crippen LogP contribution in [0.1, 0.15) is 18.1 Å². The van der Waals surface area contributed by atoms with E-state index in [-0.39, 0.29) is 12.5 Å². The molecule has 0 spiro atoms. The third kappa shape index (κ3) is 4.06. The molecule has 4 rings (SSSR count). The molecule has 7 heteroatoms. The summed E-state index contributed by atoms with van der Waals surface area (Å²) in [6.45, 7) is 1.91. The van der Waals surface area contributed by atoms with Crippen LogP contribution in [0.2, 0.25) is 0 Å². The largest absolute Gasteiger partial charge is 0.411 e. The molecule has 0 radical (unpaired) electrons. The maximum Gasteiger partial charge on any atom is 0.252 e. The Bertz CT molecular complexity index is 1100. The molecule has 2 N–H and O–H groups in total. The van der Waals surface area contributed by atoms with E-state index in [4.69, 9.17) is 5.21 Å². The summed E-state index contributed by atoms with van der Waals surface area (Å²) in [5, 5.41) is 16.1. The van der Waals surface area contributed by atoms with Crippen LogP contribution in [0.3, 0.4) is 0 Å². The highest BCUT2D eigenvalue weighted by Crippen LogP contribution is 2.47. The number of oxime groups is 1. The first-order chi connectivity index (χ1) is 14.7. The molecule has 3 aromatic carbocycles.